The summed E-state index contributed by atoms with van der Waals surface area (Å²) in [6.07, 6.45) is 0. The first-order chi connectivity index (χ1) is 31.3. The summed E-state index contributed by atoms with van der Waals surface area (Å²) in [4.78, 5) is 15.7. The SMILES string of the molecule is c1ccc(-c2ccc3c4ccccc4n(-c4ccc(-c5nc(-c6ccccc6)nc(-c6ccccc6)n5)c5c4sc4c(-n6c7ccccc7c7ccccc76)cccc45)c3c2)cc1. The zero-order valence-electron chi connectivity index (χ0n) is 33.9. The van der Waals surface area contributed by atoms with Gasteiger partial charge in [0.15, 0.2) is 17.5 Å². The summed E-state index contributed by atoms with van der Waals surface area (Å²) in [5.74, 6) is 1.91. The van der Waals surface area contributed by atoms with Crippen molar-refractivity contribution in [3.8, 4) is 56.7 Å². The Morgan fingerprint density at radius 1 is 0.302 bits per heavy atom. The molecule has 0 unspecified atom stereocenters. The quantitative estimate of drug-likeness (QED) is 0.168. The molecule has 0 aliphatic carbocycles. The summed E-state index contributed by atoms with van der Waals surface area (Å²) >= 11 is 1.84. The molecule has 0 aliphatic rings. The van der Waals surface area contributed by atoms with Crippen molar-refractivity contribution < 1.29 is 0 Å². The molecule has 0 fully saturated rings. The van der Waals surface area contributed by atoms with Gasteiger partial charge in [0.25, 0.3) is 0 Å². The lowest BCUT2D eigenvalue weighted by Crippen LogP contribution is -2.01. The molecular weight excluding hydrogens is 787 g/mol. The zero-order valence-corrected chi connectivity index (χ0v) is 34.7. The fourth-order valence-electron chi connectivity index (χ4n) is 9.56. The van der Waals surface area contributed by atoms with Crippen LogP contribution in [-0.2, 0) is 0 Å². The molecular formula is C57H35N5S. The number of hydrogen-bond donors (Lipinski definition) is 0. The number of hydrogen-bond acceptors (Lipinski definition) is 4. The van der Waals surface area contributed by atoms with E-state index in [9.17, 15) is 0 Å². The van der Waals surface area contributed by atoms with Gasteiger partial charge in [-0.25, -0.2) is 15.0 Å². The van der Waals surface area contributed by atoms with Crippen molar-refractivity contribution in [2.75, 3.05) is 0 Å². The van der Waals surface area contributed by atoms with Gasteiger partial charge in [0.2, 0.25) is 0 Å². The Balaban J connectivity index is 1.16. The first kappa shape index (κ1) is 35.6. The van der Waals surface area contributed by atoms with Crippen LogP contribution < -0.4 is 0 Å². The van der Waals surface area contributed by atoms with Crippen LogP contribution >= 0.6 is 11.3 Å². The van der Waals surface area contributed by atoms with Gasteiger partial charge in [-0.15, -0.1) is 11.3 Å². The van der Waals surface area contributed by atoms with Gasteiger partial charge in [-0.3, -0.25) is 0 Å². The highest BCUT2D eigenvalue weighted by molar-refractivity contribution is 7.26. The van der Waals surface area contributed by atoms with E-state index in [2.05, 4.69) is 185 Å². The van der Waals surface area contributed by atoms with Crippen LogP contribution in [0.15, 0.2) is 212 Å². The second kappa shape index (κ2) is 14.2. The predicted molar refractivity (Wildman–Crippen MR) is 263 cm³/mol. The van der Waals surface area contributed by atoms with E-state index in [0.717, 1.165) is 54.6 Å². The van der Waals surface area contributed by atoms with Crippen LogP contribution in [0.25, 0.3) is 120 Å². The Morgan fingerprint density at radius 2 is 0.762 bits per heavy atom. The number of thiophene rings is 1. The van der Waals surface area contributed by atoms with E-state index in [1.165, 1.54) is 48.4 Å². The summed E-state index contributed by atoms with van der Waals surface area (Å²) in [6, 6.07) is 75.5. The molecule has 294 valence electrons. The zero-order chi connectivity index (χ0) is 41.4. The van der Waals surface area contributed by atoms with Gasteiger partial charge >= 0.3 is 0 Å². The smallest absolute Gasteiger partial charge is 0.164 e. The Kier molecular flexibility index (Phi) is 8.01. The Hall–Kier alpha value is -8.19. The van der Waals surface area contributed by atoms with Gasteiger partial charge in [0.1, 0.15) is 0 Å². The largest absolute Gasteiger partial charge is 0.308 e. The third-order valence-electron chi connectivity index (χ3n) is 12.4. The van der Waals surface area contributed by atoms with Gasteiger partial charge < -0.3 is 9.13 Å². The van der Waals surface area contributed by atoms with E-state index in [-0.39, 0.29) is 0 Å². The number of para-hydroxylation sites is 3. The first-order valence-corrected chi connectivity index (χ1v) is 22.0. The molecule has 9 aromatic carbocycles. The summed E-state index contributed by atoms with van der Waals surface area (Å²) in [7, 11) is 0. The molecule has 0 N–H and O–H groups in total. The summed E-state index contributed by atoms with van der Waals surface area (Å²) in [5.41, 5.74) is 12.1. The van der Waals surface area contributed by atoms with Crippen molar-refractivity contribution in [3.63, 3.8) is 0 Å². The van der Waals surface area contributed by atoms with E-state index < -0.39 is 0 Å². The third kappa shape index (κ3) is 5.59. The van der Waals surface area contributed by atoms with E-state index in [1.54, 1.807) is 0 Å². The molecule has 13 aromatic rings. The number of fused-ring (bicyclic) bond motifs is 9. The average Bonchev–Trinajstić information content (AvgIpc) is 4.03. The van der Waals surface area contributed by atoms with Crippen LogP contribution in [0, 0.1) is 0 Å². The monoisotopic (exact) mass is 821 g/mol. The lowest BCUT2D eigenvalue weighted by Gasteiger charge is -2.14. The standard InChI is InChI=1S/C57H35N5S/c1-4-17-36(18-5-1)39-31-32-43-42-25-12-15-29-48(42)62(51(43)35-39)50-34-33-45(57-59-55(37-19-6-2-7-20-37)58-56(60-57)38-21-8-3-9-22-38)52-44-26-16-30-49(53(44)63-54(50)52)61-46-27-13-10-23-40(46)41-24-11-14-28-47(41)61/h1-35H. The topological polar surface area (TPSA) is 48.5 Å². The average molecular weight is 822 g/mol. The molecule has 0 bridgehead atoms. The lowest BCUT2D eigenvalue weighted by atomic mass is 10.0. The van der Waals surface area contributed by atoms with E-state index in [1.807, 2.05) is 47.7 Å². The molecule has 6 heteroatoms. The molecule has 0 amide bonds. The highest BCUT2D eigenvalue weighted by atomic mass is 32.1. The highest BCUT2D eigenvalue weighted by Crippen LogP contribution is 2.48. The van der Waals surface area contributed by atoms with E-state index in [0.29, 0.717) is 17.5 Å². The van der Waals surface area contributed by atoms with Crippen molar-refractivity contribution in [3.05, 3.63) is 212 Å². The molecule has 0 aliphatic heterocycles. The maximum Gasteiger partial charge on any atom is 0.164 e. The molecule has 13 rings (SSSR count). The van der Waals surface area contributed by atoms with Crippen molar-refractivity contribution in [1.82, 2.24) is 24.1 Å². The number of nitrogens with zero attached hydrogens (tertiary/aromatic N) is 5. The predicted octanol–water partition coefficient (Wildman–Crippen LogP) is 15.1. The van der Waals surface area contributed by atoms with E-state index >= 15 is 0 Å². The second-order valence-corrected chi connectivity index (χ2v) is 17.0. The van der Waals surface area contributed by atoms with Gasteiger partial charge in [-0.1, -0.05) is 170 Å². The highest BCUT2D eigenvalue weighted by Gasteiger charge is 2.24. The van der Waals surface area contributed by atoms with Crippen LogP contribution in [0.4, 0.5) is 0 Å². The number of benzene rings is 9. The Labute approximate surface area is 366 Å². The molecule has 0 spiro atoms. The maximum atomic E-state index is 5.30. The second-order valence-electron chi connectivity index (χ2n) is 16.0. The first-order valence-electron chi connectivity index (χ1n) is 21.2. The normalized spacial score (nSPS) is 11.8. The minimum Gasteiger partial charge on any atom is -0.308 e. The van der Waals surface area contributed by atoms with Crippen molar-refractivity contribution in [1.29, 1.82) is 0 Å². The van der Waals surface area contributed by atoms with Crippen molar-refractivity contribution in [2.24, 2.45) is 0 Å². The van der Waals surface area contributed by atoms with Gasteiger partial charge in [-0.05, 0) is 53.6 Å². The molecule has 4 aromatic heterocycles. The number of rotatable bonds is 6. The van der Waals surface area contributed by atoms with Gasteiger partial charge in [0, 0.05) is 49.0 Å². The summed E-state index contributed by atoms with van der Waals surface area (Å²) < 4.78 is 7.26. The van der Waals surface area contributed by atoms with Crippen LogP contribution in [-0.4, -0.2) is 24.1 Å². The minimum absolute atomic E-state index is 0.634. The Morgan fingerprint density at radius 3 is 1.35 bits per heavy atom. The van der Waals surface area contributed by atoms with Crippen LogP contribution in [0.5, 0.6) is 0 Å². The molecule has 0 atom stereocenters. The fraction of sp³-hybridized carbons (Fsp3) is 0. The van der Waals surface area contributed by atoms with Crippen molar-refractivity contribution >= 4 is 75.1 Å². The fourth-order valence-corrected chi connectivity index (χ4v) is 10.9. The molecule has 63 heavy (non-hydrogen) atoms. The lowest BCUT2D eigenvalue weighted by molar-refractivity contribution is 1.08. The molecule has 5 nitrogen and oxygen atoms in total. The van der Waals surface area contributed by atoms with E-state index in [4.69, 9.17) is 15.0 Å². The minimum atomic E-state index is 0.634. The van der Waals surface area contributed by atoms with Gasteiger partial charge in [-0.2, -0.15) is 0 Å². The maximum absolute atomic E-state index is 5.30. The molecule has 4 heterocycles. The van der Waals surface area contributed by atoms with Gasteiger partial charge in [0.05, 0.1) is 42.8 Å². The molecule has 0 saturated heterocycles. The van der Waals surface area contributed by atoms with Crippen LogP contribution in [0.3, 0.4) is 0 Å². The summed E-state index contributed by atoms with van der Waals surface area (Å²) in [6.45, 7) is 0. The van der Waals surface area contributed by atoms with Crippen molar-refractivity contribution in [2.45, 2.75) is 0 Å². The Bertz CT molecular complexity index is 3790. The molecule has 0 radical (unpaired) electrons. The number of aromatic nitrogens is 5. The summed E-state index contributed by atoms with van der Waals surface area (Å²) in [5, 5.41) is 7.17. The third-order valence-corrected chi connectivity index (χ3v) is 13.6. The molecule has 0 saturated carbocycles. The van der Waals surface area contributed by atoms with Crippen LogP contribution in [0.1, 0.15) is 0 Å². The van der Waals surface area contributed by atoms with Crippen LogP contribution in [0.2, 0.25) is 0 Å².